The van der Waals surface area contributed by atoms with E-state index in [1.54, 1.807) is 0 Å². The first-order valence-corrected chi connectivity index (χ1v) is 4.74. The smallest absolute Gasteiger partial charge is 0.0622 e. The molecular formula is C10H20O. The fraction of sp³-hybridized carbons (Fsp3) is 1.00. The normalized spacial score (nSPS) is 39.5. The summed E-state index contributed by atoms with van der Waals surface area (Å²) in [6.07, 6.45) is 4.52. The van der Waals surface area contributed by atoms with E-state index in [9.17, 15) is 5.11 Å². The molecule has 1 saturated carbocycles. The highest BCUT2D eigenvalue weighted by molar-refractivity contribution is 4.83. The predicted molar refractivity (Wildman–Crippen MR) is 47.4 cm³/mol. The van der Waals surface area contributed by atoms with Crippen LogP contribution in [0.2, 0.25) is 0 Å². The van der Waals surface area contributed by atoms with Gasteiger partial charge < -0.3 is 5.11 Å². The molecule has 0 radical (unpaired) electrons. The molecule has 1 aliphatic rings. The first-order chi connectivity index (χ1) is 5.01. The van der Waals surface area contributed by atoms with Gasteiger partial charge in [0.15, 0.2) is 0 Å². The number of rotatable bonds is 1. The summed E-state index contributed by atoms with van der Waals surface area (Å²) in [5.74, 6) is 1.49. The molecule has 66 valence electrons. The lowest BCUT2D eigenvalue weighted by Gasteiger charge is -2.35. The molecule has 0 aromatic carbocycles. The third-order valence-electron chi connectivity index (χ3n) is 2.94. The topological polar surface area (TPSA) is 20.2 Å². The van der Waals surface area contributed by atoms with E-state index in [1.807, 2.05) is 6.92 Å². The average Bonchev–Trinajstić information content (AvgIpc) is 1.85. The second-order valence-electron chi connectivity index (χ2n) is 4.60. The minimum absolute atomic E-state index is 0.368. The number of hydrogen-bond donors (Lipinski definition) is 1. The Hall–Kier alpha value is -0.0400. The molecule has 1 nitrogen and oxygen atoms in total. The number of aliphatic hydroxyl groups is 1. The van der Waals surface area contributed by atoms with Gasteiger partial charge in [-0.05, 0) is 38.0 Å². The van der Waals surface area contributed by atoms with Crippen LogP contribution in [0.15, 0.2) is 0 Å². The third kappa shape index (κ3) is 2.48. The van der Waals surface area contributed by atoms with E-state index < -0.39 is 0 Å². The minimum atomic E-state index is -0.368. The molecule has 1 N–H and O–H groups in total. The molecule has 1 aliphatic carbocycles. The lowest BCUT2D eigenvalue weighted by molar-refractivity contribution is -0.00807. The Labute approximate surface area is 69.8 Å². The van der Waals surface area contributed by atoms with Crippen LogP contribution < -0.4 is 0 Å². The molecule has 2 unspecified atom stereocenters. The average molecular weight is 156 g/mol. The van der Waals surface area contributed by atoms with Crippen LogP contribution in [0.1, 0.15) is 46.5 Å². The maximum Gasteiger partial charge on any atom is 0.0622 e. The zero-order chi connectivity index (χ0) is 8.48. The Balaban J connectivity index is 2.46. The van der Waals surface area contributed by atoms with Crippen LogP contribution in [0.4, 0.5) is 0 Å². The molecule has 0 heterocycles. The zero-order valence-electron chi connectivity index (χ0n) is 7.93. The van der Waals surface area contributed by atoms with Crippen molar-refractivity contribution in [3.05, 3.63) is 0 Å². The zero-order valence-corrected chi connectivity index (χ0v) is 7.93. The van der Waals surface area contributed by atoms with E-state index in [4.69, 9.17) is 0 Å². The second kappa shape index (κ2) is 3.14. The fourth-order valence-corrected chi connectivity index (χ4v) is 2.08. The van der Waals surface area contributed by atoms with E-state index in [0.717, 1.165) is 24.7 Å². The van der Waals surface area contributed by atoms with Crippen molar-refractivity contribution in [2.24, 2.45) is 11.8 Å². The Kier molecular flexibility index (Phi) is 2.58. The van der Waals surface area contributed by atoms with E-state index in [-0.39, 0.29) is 5.60 Å². The van der Waals surface area contributed by atoms with Gasteiger partial charge in [0, 0.05) is 0 Å². The molecule has 1 fully saturated rings. The van der Waals surface area contributed by atoms with Gasteiger partial charge in [0.2, 0.25) is 0 Å². The molecule has 0 aromatic heterocycles. The van der Waals surface area contributed by atoms with Crippen molar-refractivity contribution in [3.63, 3.8) is 0 Å². The summed E-state index contributed by atoms with van der Waals surface area (Å²) in [7, 11) is 0. The molecule has 0 bridgehead atoms. The van der Waals surface area contributed by atoms with Gasteiger partial charge >= 0.3 is 0 Å². The second-order valence-corrected chi connectivity index (χ2v) is 4.60. The molecule has 11 heavy (non-hydrogen) atoms. The molecule has 1 rings (SSSR count). The SMILES string of the molecule is CC(C)C1CCCC(C)(O)C1. The summed E-state index contributed by atoms with van der Waals surface area (Å²) in [6.45, 7) is 6.49. The van der Waals surface area contributed by atoms with Crippen molar-refractivity contribution in [1.29, 1.82) is 0 Å². The summed E-state index contributed by atoms with van der Waals surface area (Å²) in [5, 5.41) is 9.79. The monoisotopic (exact) mass is 156 g/mol. The van der Waals surface area contributed by atoms with Gasteiger partial charge in [-0.1, -0.05) is 20.3 Å². The van der Waals surface area contributed by atoms with Crippen molar-refractivity contribution in [3.8, 4) is 0 Å². The summed E-state index contributed by atoms with van der Waals surface area (Å²) in [6, 6.07) is 0. The Bertz CT molecular complexity index is 127. The van der Waals surface area contributed by atoms with Gasteiger partial charge in [0.25, 0.3) is 0 Å². The summed E-state index contributed by atoms with van der Waals surface area (Å²) in [5.41, 5.74) is -0.368. The van der Waals surface area contributed by atoms with Gasteiger partial charge in [-0.15, -0.1) is 0 Å². The molecule has 2 atom stereocenters. The molecule has 0 aliphatic heterocycles. The van der Waals surface area contributed by atoms with Crippen molar-refractivity contribution in [2.75, 3.05) is 0 Å². The van der Waals surface area contributed by atoms with E-state index in [0.29, 0.717) is 0 Å². The van der Waals surface area contributed by atoms with Crippen LogP contribution in [0.5, 0.6) is 0 Å². The van der Waals surface area contributed by atoms with Gasteiger partial charge in [-0.3, -0.25) is 0 Å². The molecular weight excluding hydrogens is 136 g/mol. The maximum atomic E-state index is 9.79. The van der Waals surface area contributed by atoms with E-state index in [1.165, 1.54) is 12.8 Å². The first kappa shape index (κ1) is 9.05. The van der Waals surface area contributed by atoms with Crippen molar-refractivity contribution in [2.45, 2.75) is 52.1 Å². The van der Waals surface area contributed by atoms with Crippen LogP contribution in [-0.4, -0.2) is 10.7 Å². The standard InChI is InChI=1S/C10H20O/c1-8(2)9-5-4-6-10(3,11)7-9/h8-9,11H,4-7H2,1-3H3. The van der Waals surface area contributed by atoms with Gasteiger partial charge in [0.05, 0.1) is 5.60 Å². The molecule has 0 saturated heterocycles. The largest absolute Gasteiger partial charge is 0.390 e. The highest BCUT2D eigenvalue weighted by atomic mass is 16.3. The maximum absolute atomic E-state index is 9.79. The van der Waals surface area contributed by atoms with Crippen molar-refractivity contribution >= 4 is 0 Å². The third-order valence-corrected chi connectivity index (χ3v) is 2.94. The number of hydrogen-bond acceptors (Lipinski definition) is 1. The highest BCUT2D eigenvalue weighted by Gasteiger charge is 2.30. The summed E-state index contributed by atoms with van der Waals surface area (Å²) in [4.78, 5) is 0. The summed E-state index contributed by atoms with van der Waals surface area (Å²) < 4.78 is 0. The fourth-order valence-electron chi connectivity index (χ4n) is 2.08. The molecule has 1 heteroatoms. The molecule has 0 spiro atoms. The predicted octanol–water partition coefficient (Wildman–Crippen LogP) is 2.58. The van der Waals surface area contributed by atoms with Crippen LogP contribution in [0.3, 0.4) is 0 Å². The highest BCUT2D eigenvalue weighted by Crippen LogP contribution is 2.35. The van der Waals surface area contributed by atoms with Crippen molar-refractivity contribution in [1.82, 2.24) is 0 Å². The minimum Gasteiger partial charge on any atom is -0.390 e. The van der Waals surface area contributed by atoms with Crippen LogP contribution in [0, 0.1) is 11.8 Å². The van der Waals surface area contributed by atoms with Crippen molar-refractivity contribution < 1.29 is 5.11 Å². The van der Waals surface area contributed by atoms with Gasteiger partial charge in [0.1, 0.15) is 0 Å². The summed E-state index contributed by atoms with van der Waals surface area (Å²) >= 11 is 0. The van der Waals surface area contributed by atoms with Crippen LogP contribution in [-0.2, 0) is 0 Å². The molecule has 0 amide bonds. The Morgan fingerprint density at radius 3 is 2.45 bits per heavy atom. The van der Waals surface area contributed by atoms with Crippen LogP contribution in [0.25, 0.3) is 0 Å². The quantitative estimate of drug-likeness (QED) is 0.618. The lowest BCUT2D eigenvalue weighted by Crippen LogP contribution is -2.33. The molecule has 0 aromatic rings. The first-order valence-electron chi connectivity index (χ1n) is 4.74. The van der Waals surface area contributed by atoms with Crippen LogP contribution >= 0.6 is 0 Å². The lowest BCUT2D eigenvalue weighted by atomic mass is 9.74. The van der Waals surface area contributed by atoms with Gasteiger partial charge in [-0.25, -0.2) is 0 Å². The van der Waals surface area contributed by atoms with Gasteiger partial charge in [-0.2, -0.15) is 0 Å². The Morgan fingerprint density at radius 2 is 2.09 bits per heavy atom. The van der Waals surface area contributed by atoms with E-state index in [2.05, 4.69) is 13.8 Å². The Morgan fingerprint density at radius 1 is 1.45 bits per heavy atom. The van der Waals surface area contributed by atoms with E-state index >= 15 is 0 Å².